The second kappa shape index (κ2) is 3.79. The van der Waals surface area contributed by atoms with E-state index in [2.05, 4.69) is 0 Å². The average molecular weight is 180 g/mol. The van der Waals surface area contributed by atoms with Crippen LogP contribution in [0.5, 0.6) is 5.75 Å². The Kier molecular flexibility index (Phi) is 2.94. The summed E-state index contributed by atoms with van der Waals surface area (Å²) in [4.78, 5) is 0. The van der Waals surface area contributed by atoms with Gasteiger partial charge in [-0.1, -0.05) is 18.2 Å². The smallest absolute Gasteiger partial charge is 0.122 e. The van der Waals surface area contributed by atoms with Gasteiger partial charge in [-0.25, -0.2) is 0 Å². The average Bonchev–Trinajstić information content (AvgIpc) is 2.01. The fourth-order valence-electron chi connectivity index (χ4n) is 0.973. The van der Waals surface area contributed by atoms with Crippen molar-refractivity contribution < 1.29 is 9.84 Å². The molecular formula is C11H16O2. The van der Waals surface area contributed by atoms with Gasteiger partial charge in [-0.05, 0) is 32.4 Å². The molecule has 0 heterocycles. The number of aryl methyl sites for hydroxylation is 1. The summed E-state index contributed by atoms with van der Waals surface area (Å²) in [5.41, 5.74) is 0.314. The lowest BCUT2D eigenvalue weighted by atomic mass is 10.1. The van der Waals surface area contributed by atoms with E-state index in [9.17, 15) is 5.11 Å². The Labute approximate surface area is 79.2 Å². The van der Waals surface area contributed by atoms with Crippen LogP contribution in [0.3, 0.4) is 0 Å². The molecule has 0 amide bonds. The molecular weight excluding hydrogens is 164 g/mol. The van der Waals surface area contributed by atoms with Gasteiger partial charge in [0.15, 0.2) is 0 Å². The Bertz CT molecular complexity index is 274. The number of ether oxygens (including phenoxy) is 1. The fraction of sp³-hybridized carbons (Fsp3) is 0.455. The third-order valence-electron chi connectivity index (χ3n) is 1.67. The van der Waals surface area contributed by atoms with Crippen LogP contribution in [-0.4, -0.2) is 17.3 Å². The molecule has 0 saturated heterocycles. The van der Waals surface area contributed by atoms with Gasteiger partial charge in [0, 0.05) is 0 Å². The largest absolute Gasteiger partial charge is 0.490 e. The highest BCUT2D eigenvalue weighted by atomic mass is 16.5. The minimum atomic E-state index is -0.776. The SMILES string of the molecule is Cc1ccccc1OCC(C)(C)O. The van der Waals surface area contributed by atoms with E-state index in [1.54, 1.807) is 13.8 Å². The lowest BCUT2D eigenvalue weighted by molar-refractivity contribution is 0.0282. The third kappa shape index (κ3) is 3.47. The maximum atomic E-state index is 9.44. The van der Waals surface area contributed by atoms with Gasteiger partial charge in [-0.15, -0.1) is 0 Å². The van der Waals surface area contributed by atoms with E-state index in [0.29, 0.717) is 6.61 Å². The van der Waals surface area contributed by atoms with Crippen molar-refractivity contribution in [2.45, 2.75) is 26.4 Å². The first-order valence-corrected chi connectivity index (χ1v) is 4.40. The van der Waals surface area contributed by atoms with Crippen molar-refractivity contribution in [3.05, 3.63) is 29.8 Å². The number of rotatable bonds is 3. The zero-order chi connectivity index (χ0) is 9.90. The first-order chi connectivity index (χ1) is 5.99. The van der Waals surface area contributed by atoms with Gasteiger partial charge in [-0.2, -0.15) is 0 Å². The van der Waals surface area contributed by atoms with Gasteiger partial charge in [0.2, 0.25) is 0 Å². The minimum Gasteiger partial charge on any atom is -0.490 e. The molecule has 0 aromatic heterocycles. The van der Waals surface area contributed by atoms with Crippen LogP contribution in [0.2, 0.25) is 0 Å². The first-order valence-electron chi connectivity index (χ1n) is 4.40. The summed E-state index contributed by atoms with van der Waals surface area (Å²) < 4.78 is 5.45. The summed E-state index contributed by atoms with van der Waals surface area (Å²) in [6.07, 6.45) is 0. The molecule has 0 unspecified atom stereocenters. The number of hydrogen-bond acceptors (Lipinski definition) is 2. The van der Waals surface area contributed by atoms with Gasteiger partial charge < -0.3 is 9.84 Å². The van der Waals surface area contributed by atoms with Crippen LogP contribution >= 0.6 is 0 Å². The van der Waals surface area contributed by atoms with Crippen molar-refractivity contribution in [2.75, 3.05) is 6.61 Å². The van der Waals surface area contributed by atoms with Crippen molar-refractivity contribution >= 4 is 0 Å². The molecule has 1 aromatic rings. The van der Waals surface area contributed by atoms with Gasteiger partial charge >= 0.3 is 0 Å². The Morgan fingerprint density at radius 3 is 2.46 bits per heavy atom. The molecule has 0 saturated carbocycles. The Balaban J connectivity index is 2.60. The van der Waals surface area contributed by atoms with Crippen LogP contribution in [0.15, 0.2) is 24.3 Å². The number of hydrogen-bond donors (Lipinski definition) is 1. The molecule has 2 heteroatoms. The lowest BCUT2D eigenvalue weighted by Crippen LogP contribution is -2.28. The maximum Gasteiger partial charge on any atom is 0.122 e. The maximum absolute atomic E-state index is 9.44. The van der Waals surface area contributed by atoms with E-state index in [1.807, 2.05) is 31.2 Å². The van der Waals surface area contributed by atoms with Crippen molar-refractivity contribution in [3.63, 3.8) is 0 Å². The highest BCUT2D eigenvalue weighted by molar-refractivity contribution is 5.31. The summed E-state index contributed by atoms with van der Waals surface area (Å²) in [5, 5.41) is 9.44. The summed E-state index contributed by atoms with van der Waals surface area (Å²) in [5.74, 6) is 0.838. The van der Waals surface area contributed by atoms with Crippen LogP contribution in [0.25, 0.3) is 0 Å². The summed E-state index contributed by atoms with van der Waals surface area (Å²) >= 11 is 0. The third-order valence-corrected chi connectivity index (χ3v) is 1.67. The molecule has 2 nitrogen and oxygen atoms in total. The first kappa shape index (κ1) is 10.1. The lowest BCUT2D eigenvalue weighted by Gasteiger charge is -2.18. The zero-order valence-corrected chi connectivity index (χ0v) is 8.37. The molecule has 72 valence electrons. The van der Waals surface area contributed by atoms with Crippen molar-refractivity contribution in [1.29, 1.82) is 0 Å². The molecule has 0 aliphatic heterocycles. The van der Waals surface area contributed by atoms with Crippen LogP contribution in [-0.2, 0) is 0 Å². The molecule has 0 radical (unpaired) electrons. The topological polar surface area (TPSA) is 29.5 Å². The molecule has 0 aliphatic carbocycles. The molecule has 0 atom stereocenters. The van der Waals surface area contributed by atoms with Gasteiger partial charge in [0.05, 0.1) is 5.60 Å². The van der Waals surface area contributed by atoms with Crippen LogP contribution in [0, 0.1) is 6.92 Å². The molecule has 0 aliphatic rings. The molecule has 1 N–H and O–H groups in total. The molecule has 1 aromatic carbocycles. The van der Waals surface area contributed by atoms with Crippen molar-refractivity contribution in [3.8, 4) is 5.75 Å². The van der Waals surface area contributed by atoms with Crippen molar-refractivity contribution in [2.24, 2.45) is 0 Å². The predicted octanol–water partition coefficient (Wildman–Crippen LogP) is 2.14. The summed E-state index contributed by atoms with van der Waals surface area (Å²) in [7, 11) is 0. The fourth-order valence-corrected chi connectivity index (χ4v) is 0.973. The minimum absolute atomic E-state index is 0.317. The summed E-state index contributed by atoms with van der Waals surface area (Å²) in [6, 6.07) is 7.78. The van der Waals surface area contributed by atoms with E-state index >= 15 is 0 Å². The van der Waals surface area contributed by atoms with Crippen LogP contribution < -0.4 is 4.74 Å². The number of para-hydroxylation sites is 1. The van der Waals surface area contributed by atoms with E-state index in [1.165, 1.54) is 0 Å². The van der Waals surface area contributed by atoms with Gasteiger partial charge in [-0.3, -0.25) is 0 Å². The van der Waals surface area contributed by atoms with Crippen LogP contribution in [0.4, 0.5) is 0 Å². The quantitative estimate of drug-likeness (QED) is 0.772. The Morgan fingerprint density at radius 2 is 1.92 bits per heavy atom. The van der Waals surface area contributed by atoms with E-state index in [0.717, 1.165) is 11.3 Å². The molecule has 0 fully saturated rings. The van der Waals surface area contributed by atoms with Crippen molar-refractivity contribution in [1.82, 2.24) is 0 Å². The van der Waals surface area contributed by atoms with Gasteiger partial charge in [0.25, 0.3) is 0 Å². The van der Waals surface area contributed by atoms with E-state index < -0.39 is 5.60 Å². The Morgan fingerprint density at radius 1 is 1.31 bits per heavy atom. The predicted molar refractivity (Wildman–Crippen MR) is 53.0 cm³/mol. The molecule has 0 bridgehead atoms. The monoisotopic (exact) mass is 180 g/mol. The second-order valence-corrected chi connectivity index (χ2v) is 3.87. The second-order valence-electron chi connectivity index (χ2n) is 3.87. The number of benzene rings is 1. The number of aliphatic hydroxyl groups is 1. The highest BCUT2D eigenvalue weighted by Gasteiger charge is 2.13. The normalized spacial score (nSPS) is 11.4. The zero-order valence-electron chi connectivity index (χ0n) is 8.37. The highest BCUT2D eigenvalue weighted by Crippen LogP contribution is 2.17. The molecule has 0 spiro atoms. The van der Waals surface area contributed by atoms with Gasteiger partial charge in [0.1, 0.15) is 12.4 Å². The standard InChI is InChI=1S/C11H16O2/c1-9-6-4-5-7-10(9)13-8-11(2,3)12/h4-7,12H,8H2,1-3H3. The summed E-state index contributed by atoms with van der Waals surface area (Å²) in [6.45, 7) is 5.76. The van der Waals surface area contributed by atoms with E-state index in [4.69, 9.17) is 4.74 Å². The molecule has 1 rings (SSSR count). The molecule has 13 heavy (non-hydrogen) atoms. The Hall–Kier alpha value is -1.02. The van der Waals surface area contributed by atoms with Crippen LogP contribution in [0.1, 0.15) is 19.4 Å². The van der Waals surface area contributed by atoms with E-state index in [-0.39, 0.29) is 0 Å².